The van der Waals surface area contributed by atoms with Crippen molar-refractivity contribution in [3.8, 4) is 0 Å². The number of nitro groups is 1. The summed E-state index contributed by atoms with van der Waals surface area (Å²) in [4.78, 5) is 22.3. The van der Waals surface area contributed by atoms with E-state index in [-0.39, 0.29) is 18.0 Å². The molecule has 1 N–H and O–H groups in total. The maximum absolute atomic E-state index is 12.1. The number of aromatic nitrogens is 1. The van der Waals surface area contributed by atoms with Crippen molar-refractivity contribution < 1.29 is 9.72 Å². The first-order valence-electron chi connectivity index (χ1n) is 8.75. The van der Waals surface area contributed by atoms with Gasteiger partial charge < -0.3 is 4.57 Å². The van der Waals surface area contributed by atoms with Gasteiger partial charge in [-0.25, -0.2) is 5.43 Å². The lowest BCUT2D eigenvalue weighted by Crippen LogP contribution is -2.19. The van der Waals surface area contributed by atoms with Gasteiger partial charge in [0.15, 0.2) is 0 Å². The number of hydrogen-bond donors (Lipinski definition) is 1. The molecule has 0 saturated carbocycles. The number of carbonyl (C=O) groups excluding carboxylic acids is 1. The SMILES string of the molecule is C=CCn1c(C)c(/C=N/NC(=O)Cc2ccc([N+](=O)[O-])cc2)c2ccccc21. The third kappa shape index (κ3) is 3.98. The Hall–Kier alpha value is -3.74. The molecule has 7 nitrogen and oxygen atoms in total. The molecule has 0 radical (unpaired) electrons. The summed E-state index contributed by atoms with van der Waals surface area (Å²) in [5, 5.41) is 15.8. The number of nitro benzene ring substituents is 1. The number of nitrogens with one attached hydrogen (secondary N) is 1. The molecule has 0 fully saturated rings. The van der Waals surface area contributed by atoms with Crippen LogP contribution in [0.4, 0.5) is 5.69 Å². The third-order valence-corrected chi connectivity index (χ3v) is 4.49. The van der Waals surface area contributed by atoms with E-state index < -0.39 is 4.92 Å². The second kappa shape index (κ2) is 8.30. The second-order valence-corrected chi connectivity index (χ2v) is 6.31. The highest BCUT2D eigenvalue weighted by molar-refractivity contribution is 6.01. The summed E-state index contributed by atoms with van der Waals surface area (Å²) in [6, 6.07) is 13.9. The van der Waals surface area contributed by atoms with E-state index in [1.165, 1.54) is 12.1 Å². The number of nitrogens with zero attached hydrogens (tertiary/aromatic N) is 3. The van der Waals surface area contributed by atoms with Gasteiger partial charge in [0.1, 0.15) is 0 Å². The minimum Gasteiger partial charge on any atom is -0.340 e. The minimum atomic E-state index is -0.473. The molecule has 28 heavy (non-hydrogen) atoms. The summed E-state index contributed by atoms with van der Waals surface area (Å²) >= 11 is 0. The fraction of sp³-hybridized carbons (Fsp3) is 0.143. The number of amides is 1. The topological polar surface area (TPSA) is 89.5 Å². The standard InChI is InChI=1S/C21H20N4O3/c1-3-12-24-15(2)19(18-6-4-5-7-20(18)24)14-22-23-21(26)13-16-8-10-17(11-9-16)25(27)28/h3-11,14H,1,12-13H2,2H3,(H,23,26)/b22-14+. The largest absolute Gasteiger partial charge is 0.340 e. The van der Waals surface area contributed by atoms with Crippen LogP contribution < -0.4 is 5.43 Å². The van der Waals surface area contributed by atoms with Crippen molar-refractivity contribution in [2.24, 2.45) is 5.10 Å². The number of fused-ring (bicyclic) bond motifs is 1. The molecule has 142 valence electrons. The van der Waals surface area contributed by atoms with Crippen LogP contribution in [0.1, 0.15) is 16.8 Å². The third-order valence-electron chi connectivity index (χ3n) is 4.49. The van der Waals surface area contributed by atoms with Crippen LogP contribution in [0.15, 0.2) is 66.3 Å². The zero-order chi connectivity index (χ0) is 20.1. The number of para-hydroxylation sites is 1. The van der Waals surface area contributed by atoms with E-state index in [0.29, 0.717) is 12.1 Å². The van der Waals surface area contributed by atoms with Crippen molar-refractivity contribution in [3.63, 3.8) is 0 Å². The molecule has 1 heterocycles. The molecule has 3 rings (SSSR count). The van der Waals surface area contributed by atoms with Gasteiger partial charge in [-0.15, -0.1) is 6.58 Å². The first-order valence-corrected chi connectivity index (χ1v) is 8.75. The maximum atomic E-state index is 12.1. The highest BCUT2D eigenvalue weighted by Gasteiger charge is 2.11. The zero-order valence-electron chi connectivity index (χ0n) is 15.5. The molecule has 0 aliphatic rings. The molecule has 7 heteroatoms. The lowest BCUT2D eigenvalue weighted by atomic mass is 10.1. The predicted octanol–water partition coefficient (Wildman–Crippen LogP) is 3.74. The highest BCUT2D eigenvalue weighted by atomic mass is 16.6. The van der Waals surface area contributed by atoms with Crippen molar-refractivity contribution in [2.75, 3.05) is 0 Å². The van der Waals surface area contributed by atoms with Gasteiger partial charge in [-0.3, -0.25) is 14.9 Å². The summed E-state index contributed by atoms with van der Waals surface area (Å²) in [6.45, 7) is 6.50. The molecule has 0 spiro atoms. The smallest absolute Gasteiger partial charge is 0.269 e. The van der Waals surface area contributed by atoms with E-state index in [9.17, 15) is 14.9 Å². The number of carbonyl (C=O) groups is 1. The van der Waals surface area contributed by atoms with E-state index in [1.54, 1.807) is 18.3 Å². The van der Waals surface area contributed by atoms with Gasteiger partial charge in [-0.1, -0.05) is 36.4 Å². The summed E-state index contributed by atoms with van der Waals surface area (Å²) in [6.07, 6.45) is 3.57. The van der Waals surface area contributed by atoms with E-state index in [4.69, 9.17) is 0 Å². The van der Waals surface area contributed by atoms with Crippen LogP contribution in [0.2, 0.25) is 0 Å². The fourth-order valence-electron chi connectivity index (χ4n) is 3.11. The number of rotatable bonds is 7. The molecule has 0 saturated heterocycles. The quantitative estimate of drug-likeness (QED) is 0.295. The van der Waals surface area contributed by atoms with E-state index in [2.05, 4.69) is 21.7 Å². The Balaban J connectivity index is 1.72. The highest BCUT2D eigenvalue weighted by Crippen LogP contribution is 2.24. The van der Waals surface area contributed by atoms with Gasteiger partial charge in [0, 0.05) is 40.8 Å². The molecule has 0 bridgehead atoms. The summed E-state index contributed by atoms with van der Waals surface area (Å²) < 4.78 is 2.14. The lowest BCUT2D eigenvalue weighted by molar-refractivity contribution is -0.384. The maximum Gasteiger partial charge on any atom is 0.269 e. The van der Waals surface area contributed by atoms with Crippen molar-refractivity contribution >= 4 is 28.7 Å². The van der Waals surface area contributed by atoms with Gasteiger partial charge in [-0.2, -0.15) is 5.10 Å². The normalized spacial score (nSPS) is 11.0. The van der Waals surface area contributed by atoms with Crippen molar-refractivity contribution in [2.45, 2.75) is 19.9 Å². The average molecular weight is 376 g/mol. The molecular weight excluding hydrogens is 356 g/mol. The van der Waals surface area contributed by atoms with E-state index >= 15 is 0 Å². The number of hydrogen-bond acceptors (Lipinski definition) is 4. The predicted molar refractivity (Wildman–Crippen MR) is 109 cm³/mol. The minimum absolute atomic E-state index is 0.00596. The molecule has 3 aromatic rings. The van der Waals surface area contributed by atoms with Crippen molar-refractivity contribution in [1.82, 2.24) is 9.99 Å². The van der Waals surface area contributed by atoms with Crippen LogP contribution in [0.5, 0.6) is 0 Å². The van der Waals surface area contributed by atoms with Crippen LogP contribution in [0.3, 0.4) is 0 Å². The van der Waals surface area contributed by atoms with Crippen LogP contribution >= 0.6 is 0 Å². The molecule has 0 atom stereocenters. The molecule has 0 unspecified atom stereocenters. The number of benzene rings is 2. The lowest BCUT2D eigenvalue weighted by Gasteiger charge is -2.04. The average Bonchev–Trinajstić information content (AvgIpc) is 2.95. The Kier molecular flexibility index (Phi) is 5.64. The first-order chi connectivity index (χ1) is 13.5. The Morgan fingerprint density at radius 3 is 2.64 bits per heavy atom. The molecule has 1 aromatic heterocycles. The van der Waals surface area contributed by atoms with Crippen LogP contribution in [-0.2, 0) is 17.8 Å². The van der Waals surface area contributed by atoms with Crippen LogP contribution in [0, 0.1) is 17.0 Å². The molecule has 0 aliphatic heterocycles. The van der Waals surface area contributed by atoms with Crippen molar-refractivity contribution in [1.29, 1.82) is 0 Å². The number of hydrazone groups is 1. The Morgan fingerprint density at radius 2 is 1.96 bits per heavy atom. The van der Waals surface area contributed by atoms with Gasteiger partial charge in [0.2, 0.25) is 5.91 Å². The molecular formula is C21H20N4O3. The van der Waals surface area contributed by atoms with Gasteiger partial charge in [0.05, 0.1) is 17.6 Å². The Morgan fingerprint density at radius 1 is 1.25 bits per heavy atom. The van der Waals surface area contributed by atoms with E-state index in [0.717, 1.165) is 22.2 Å². The van der Waals surface area contributed by atoms with Gasteiger partial charge in [0.25, 0.3) is 5.69 Å². The number of non-ortho nitro benzene ring substituents is 1. The van der Waals surface area contributed by atoms with Crippen molar-refractivity contribution in [3.05, 3.63) is 88.1 Å². The summed E-state index contributed by atoms with van der Waals surface area (Å²) in [5.41, 5.74) is 6.25. The zero-order valence-corrected chi connectivity index (χ0v) is 15.5. The van der Waals surface area contributed by atoms with Crippen LogP contribution in [-0.4, -0.2) is 21.6 Å². The van der Waals surface area contributed by atoms with Gasteiger partial charge in [-0.05, 0) is 18.6 Å². The van der Waals surface area contributed by atoms with Crippen LogP contribution in [0.25, 0.3) is 10.9 Å². The molecule has 1 amide bonds. The molecule has 0 aliphatic carbocycles. The summed E-state index contributed by atoms with van der Waals surface area (Å²) in [7, 11) is 0. The summed E-state index contributed by atoms with van der Waals surface area (Å²) in [5.74, 6) is -0.294. The first kappa shape index (κ1) is 19.0. The molecule has 2 aromatic carbocycles. The number of allylic oxidation sites excluding steroid dienone is 1. The van der Waals surface area contributed by atoms with E-state index in [1.807, 2.05) is 37.3 Å². The Labute approximate surface area is 162 Å². The monoisotopic (exact) mass is 376 g/mol. The Bertz CT molecular complexity index is 1070. The second-order valence-electron chi connectivity index (χ2n) is 6.31. The fourth-order valence-corrected chi connectivity index (χ4v) is 3.11. The van der Waals surface area contributed by atoms with Gasteiger partial charge >= 0.3 is 0 Å².